The Hall–Kier alpha value is -2.39. The molecule has 0 unspecified atom stereocenters. The van der Waals surface area contributed by atoms with Gasteiger partial charge in [0.25, 0.3) is 0 Å². The summed E-state index contributed by atoms with van der Waals surface area (Å²) >= 11 is 0. The Morgan fingerprint density at radius 1 is 1.10 bits per heavy atom. The van der Waals surface area contributed by atoms with Gasteiger partial charge >= 0.3 is 0 Å². The zero-order valence-corrected chi connectivity index (χ0v) is 11.9. The molecule has 3 nitrogen and oxygen atoms in total. The fourth-order valence-corrected chi connectivity index (χ4v) is 3.10. The van der Waals surface area contributed by atoms with Crippen molar-refractivity contribution in [1.82, 2.24) is 10.5 Å². The Morgan fingerprint density at radius 3 is 2.86 bits per heavy atom. The Bertz CT molecular complexity index is 804. The molecular formula is C18H16N2O. The van der Waals surface area contributed by atoms with Crippen molar-refractivity contribution in [1.29, 1.82) is 0 Å². The summed E-state index contributed by atoms with van der Waals surface area (Å²) in [7, 11) is 1.93. The molecule has 0 bridgehead atoms. The molecule has 0 saturated carbocycles. The third-order valence-electron chi connectivity index (χ3n) is 4.07. The van der Waals surface area contributed by atoms with E-state index in [1.807, 2.05) is 7.05 Å². The lowest BCUT2D eigenvalue weighted by Gasteiger charge is -2.05. The molecule has 21 heavy (non-hydrogen) atoms. The first-order valence-electron chi connectivity index (χ1n) is 7.16. The molecule has 0 amide bonds. The van der Waals surface area contributed by atoms with Gasteiger partial charge in [-0.25, -0.2) is 0 Å². The summed E-state index contributed by atoms with van der Waals surface area (Å²) in [4.78, 5) is 0. The summed E-state index contributed by atoms with van der Waals surface area (Å²) in [5.74, 6) is 0.864. The van der Waals surface area contributed by atoms with Crippen molar-refractivity contribution in [2.45, 2.75) is 13.0 Å². The standard InChI is InChI=1S/C18H16N2O/c1-19-10-15-11-20-21-18(15)13-6-7-17-14(9-13)8-12-4-2-3-5-16(12)17/h2-7,9,11,19H,8,10H2,1H3. The second kappa shape index (κ2) is 4.86. The number of nitrogens with zero attached hydrogens (tertiary/aromatic N) is 1. The van der Waals surface area contributed by atoms with Crippen LogP contribution in [0.25, 0.3) is 22.5 Å². The van der Waals surface area contributed by atoms with E-state index < -0.39 is 0 Å². The highest BCUT2D eigenvalue weighted by molar-refractivity contribution is 5.79. The van der Waals surface area contributed by atoms with Crippen LogP contribution in [0.2, 0.25) is 0 Å². The highest BCUT2D eigenvalue weighted by atomic mass is 16.5. The van der Waals surface area contributed by atoms with E-state index in [-0.39, 0.29) is 0 Å². The molecule has 1 heterocycles. The molecule has 1 aliphatic rings. The van der Waals surface area contributed by atoms with Crippen molar-refractivity contribution >= 4 is 0 Å². The molecule has 1 aliphatic carbocycles. The van der Waals surface area contributed by atoms with Crippen LogP contribution in [0.1, 0.15) is 16.7 Å². The monoisotopic (exact) mass is 276 g/mol. The van der Waals surface area contributed by atoms with Crippen LogP contribution in [-0.2, 0) is 13.0 Å². The van der Waals surface area contributed by atoms with Gasteiger partial charge < -0.3 is 9.84 Å². The number of hydrogen-bond acceptors (Lipinski definition) is 3. The van der Waals surface area contributed by atoms with Crippen molar-refractivity contribution in [3.63, 3.8) is 0 Å². The van der Waals surface area contributed by atoms with E-state index in [4.69, 9.17) is 4.52 Å². The van der Waals surface area contributed by atoms with Gasteiger partial charge in [-0.05, 0) is 41.8 Å². The van der Waals surface area contributed by atoms with Gasteiger partial charge in [-0.1, -0.05) is 41.6 Å². The largest absolute Gasteiger partial charge is 0.356 e. The minimum atomic E-state index is 0.760. The van der Waals surface area contributed by atoms with Gasteiger partial charge in [-0.15, -0.1) is 0 Å². The molecule has 3 aromatic rings. The summed E-state index contributed by atoms with van der Waals surface area (Å²) in [5, 5.41) is 7.08. The first-order chi connectivity index (χ1) is 10.4. The lowest BCUT2D eigenvalue weighted by molar-refractivity contribution is 0.431. The van der Waals surface area contributed by atoms with E-state index in [1.54, 1.807) is 6.20 Å². The number of aromatic nitrogens is 1. The third-order valence-corrected chi connectivity index (χ3v) is 4.07. The maximum Gasteiger partial charge on any atom is 0.171 e. The fraction of sp³-hybridized carbons (Fsp3) is 0.167. The van der Waals surface area contributed by atoms with Crippen LogP contribution in [0.15, 0.2) is 53.2 Å². The quantitative estimate of drug-likeness (QED) is 0.621. The van der Waals surface area contributed by atoms with E-state index in [0.717, 1.165) is 29.9 Å². The van der Waals surface area contributed by atoms with E-state index in [1.165, 1.54) is 22.3 Å². The van der Waals surface area contributed by atoms with Crippen molar-refractivity contribution in [2.24, 2.45) is 0 Å². The topological polar surface area (TPSA) is 38.1 Å². The van der Waals surface area contributed by atoms with Gasteiger partial charge in [0.05, 0.1) is 6.20 Å². The van der Waals surface area contributed by atoms with Crippen molar-refractivity contribution in [3.8, 4) is 22.5 Å². The van der Waals surface area contributed by atoms with Crippen molar-refractivity contribution in [2.75, 3.05) is 7.05 Å². The first-order valence-corrected chi connectivity index (χ1v) is 7.16. The first kappa shape index (κ1) is 12.4. The molecule has 0 fully saturated rings. The molecule has 0 aliphatic heterocycles. The molecule has 1 N–H and O–H groups in total. The van der Waals surface area contributed by atoms with Gasteiger partial charge in [0.1, 0.15) is 0 Å². The molecule has 3 heteroatoms. The number of fused-ring (bicyclic) bond motifs is 3. The molecular weight excluding hydrogens is 260 g/mol. The molecule has 0 atom stereocenters. The summed E-state index contributed by atoms with van der Waals surface area (Å²) < 4.78 is 5.45. The zero-order chi connectivity index (χ0) is 14.2. The van der Waals surface area contributed by atoms with Gasteiger partial charge in [-0.3, -0.25) is 0 Å². The SMILES string of the molecule is CNCc1cnoc1-c1ccc2c(c1)Cc1ccccc1-2. The minimum absolute atomic E-state index is 0.760. The van der Waals surface area contributed by atoms with Gasteiger partial charge in [-0.2, -0.15) is 0 Å². The molecule has 2 aromatic carbocycles. The number of nitrogens with one attached hydrogen (secondary N) is 1. The van der Waals surface area contributed by atoms with Crippen LogP contribution in [0.4, 0.5) is 0 Å². The van der Waals surface area contributed by atoms with Gasteiger partial charge in [0.15, 0.2) is 5.76 Å². The molecule has 0 radical (unpaired) electrons. The minimum Gasteiger partial charge on any atom is -0.356 e. The van der Waals surface area contributed by atoms with E-state index >= 15 is 0 Å². The summed E-state index contributed by atoms with van der Waals surface area (Å²) in [6.07, 6.45) is 2.78. The average molecular weight is 276 g/mol. The van der Waals surface area contributed by atoms with Crippen molar-refractivity contribution in [3.05, 3.63) is 65.4 Å². The molecule has 0 saturated heterocycles. The Balaban J connectivity index is 1.78. The summed E-state index contributed by atoms with van der Waals surface area (Å²) in [5.41, 5.74) is 7.64. The highest BCUT2D eigenvalue weighted by Crippen LogP contribution is 2.38. The predicted molar refractivity (Wildman–Crippen MR) is 82.9 cm³/mol. The number of rotatable bonds is 3. The maximum atomic E-state index is 5.45. The molecule has 0 spiro atoms. The second-order valence-electron chi connectivity index (χ2n) is 5.42. The average Bonchev–Trinajstić information content (AvgIpc) is 3.10. The lowest BCUT2D eigenvalue weighted by atomic mass is 10.0. The van der Waals surface area contributed by atoms with Crippen LogP contribution in [0.5, 0.6) is 0 Å². The van der Waals surface area contributed by atoms with E-state index in [2.05, 4.69) is 52.9 Å². The highest BCUT2D eigenvalue weighted by Gasteiger charge is 2.19. The Morgan fingerprint density at radius 2 is 1.95 bits per heavy atom. The van der Waals surface area contributed by atoms with E-state index in [9.17, 15) is 0 Å². The maximum absolute atomic E-state index is 5.45. The van der Waals surface area contributed by atoms with Crippen LogP contribution in [0, 0.1) is 0 Å². The normalized spacial score (nSPS) is 12.2. The third kappa shape index (κ3) is 1.98. The van der Waals surface area contributed by atoms with Crippen molar-refractivity contribution < 1.29 is 4.52 Å². The zero-order valence-electron chi connectivity index (χ0n) is 11.9. The Kier molecular flexibility index (Phi) is 2.86. The molecule has 4 rings (SSSR count). The fourth-order valence-electron chi connectivity index (χ4n) is 3.10. The number of benzene rings is 2. The van der Waals surface area contributed by atoms with Crippen LogP contribution >= 0.6 is 0 Å². The molecule has 1 aromatic heterocycles. The van der Waals surface area contributed by atoms with Crippen LogP contribution in [0.3, 0.4) is 0 Å². The lowest BCUT2D eigenvalue weighted by Crippen LogP contribution is -2.04. The van der Waals surface area contributed by atoms with Gasteiger partial charge in [0.2, 0.25) is 0 Å². The number of hydrogen-bond donors (Lipinski definition) is 1. The smallest absolute Gasteiger partial charge is 0.171 e. The van der Waals surface area contributed by atoms with Gasteiger partial charge in [0, 0.05) is 17.7 Å². The van der Waals surface area contributed by atoms with Crippen LogP contribution < -0.4 is 5.32 Å². The molecule has 104 valence electrons. The van der Waals surface area contributed by atoms with E-state index in [0.29, 0.717) is 0 Å². The Labute approximate surface area is 123 Å². The summed E-state index contributed by atoms with van der Waals surface area (Å²) in [6, 6.07) is 15.2. The predicted octanol–water partition coefficient (Wildman–Crippen LogP) is 3.63. The van der Waals surface area contributed by atoms with Crippen LogP contribution in [-0.4, -0.2) is 12.2 Å². The summed E-state index contributed by atoms with van der Waals surface area (Å²) in [6.45, 7) is 0.760. The second-order valence-corrected chi connectivity index (χ2v) is 5.42.